The van der Waals surface area contributed by atoms with Crippen molar-refractivity contribution in [3.05, 3.63) is 42.0 Å². The van der Waals surface area contributed by atoms with Crippen LogP contribution in [0, 0.1) is 5.82 Å². The van der Waals surface area contributed by atoms with Gasteiger partial charge in [-0.15, -0.1) is 0 Å². The predicted molar refractivity (Wildman–Crippen MR) is 105 cm³/mol. The Morgan fingerprint density at radius 3 is 2.59 bits per heavy atom. The molecule has 0 amide bonds. The maximum absolute atomic E-state index is 14.3. The van der Waals surface area contributed by atoms with Gasteiger partial charge in [0.25, 0.3) is 0 Å². The molecule has 0 spiro atoms. The molecule has 1 aromatic carbocycles. The lowest BCUT2D eigenvalue weighted by molar-refractivity contribution is -0.160. The molecule has 1 aromatic heterocycles. The number of oxime groups is 1. The van der Waals surface area contributed by atoms with Gasteiger partial charge in [0.05, 0.1) is 25.4 Å². The van der Waals surface area contributed by atoms with Crippen LogP contribution in [0.3, 0.4) is 0 Å². The standard InChI is InChI=1S/C20H23FN4O4/c1-20(2,3)29-17(27)12-28-24-15-9-25(10-15)19-22-7-14(8-23-19)16-6-4-5-13(11-26)18(16)21/h4-8,26H,9-12H2,1-3H3. The third-order valence-electron chi connectivity index (χ3n) is 4.02. The van der Waals surface area contributed by atoms with Gasteiger partial charge in [0.1, 0.15) is 11.4 Å². The zero-order chi connectivity index (χ0) is 21.0. The molecule has 9 heteroatoms. The number of carbonyl (C=O) groups excluding carboxylic acids is 1. The molecule has 3 rings (SSSR count). The first-order valence-electron chi connectivity index (χ1n) is 9.12. The van der Waals surface area contributed by atoms with Crippen LogP contribution in [0.2, 0.25) is 0 Å². The minimum absolute atomic E-state index is 0.224. The van der Waals surface area contributed by atoms with Crippen molar-refractivity contribution in [1.82, 2.24) is 9.97 Å². The minimum atomic E-state index is -0.563. The van der Waals surface area contributed by atoms with Crippen molar-refractivity contribution in [2.24, 2.45) is 5.16 Å². The molecule has 0 atom stereocenters. The van der Waals surface area contributed by atoms with Gasteiger partial charge in [-0.25, -0.2) is 19.2 Å². The number of halogens is 1. The highest BCUT2D eigenvalue weighted by atomic mass is 19.1. The molecule has 154 valence electrons. The van der Waals surface area contributed by atoms with E-state index in [-0.39, 0.29) is 18.8 Å². The monoisotopic (exact) mass is 402 g/mol. The average molecular weight is 402 g/mol. The van der Waals surface area contributed by atoms with Gasteiger partial charge in [0.2, 0.25) is 12.6 Å². The summed E-state index contributed by atoms with van der Waals surface area (Å²) in [5.74, 6) is -0.472. The Labute approximate surface area is 168 Å². The van der Waals surface area contributed by atoms with Crippen LogP contribution < -0.4 is 4.90 Å². The summed E-state index contributed by atoms with van der Waals surface area (Å²) >= 11 is 0. The number of aliphatic hydroxyl groups is 1. The molecule has 2 aromatic rings. The summed E-state index contributed by atoms with van der Waals surface area (Å²) in [6.45, 7) is 5.68. The van der Waals surface area contributed by atoms with Crippen LogP contribution in [0.1, 0.15) is 26.3 Å². The zero-order valence-electron chi connectivity index (χ0n) is 16.6. The van der Waals surface area contributed by atoms with Crippen LogP contribution in [0.25, 0.3) is 11.1 Å². The van der Waals surface area contributed by atoms with Crippen molar-refractivity contribution in [3.8, 4) is 11.1 Å². The molecule has 2 heterocycles. The quantitative estimate of drug-likeness (QED) is 0.585. The van der Waals surface area contributed by atoms with E-state index in [4.69, 9.17) is 9.57 Å². The number of aromatic nitrogens is 2. The van der Waals surface area contributed by atoms with Crippen molar-refractivity contribution in [1.29, 1.82) is 0 Å². The van der Waals surface area contributed by atoms with Gasteiger partial charge in [-0.1, -0.05) is 23.4 Å². The second kappa shape index (κ2) is 8.52. The van der Waals surface area contributed by atoms with Gasteiger partial charge in [0.15, 0.2) is 0 Å². The number of rotatable bonds is 6. The Kier molecular flexibility index (Phi) is 6.07. The Morgan fingerprint density at radius 1 is 1.28 bits per heavy atom. The fourth-order valence-electron chi connectivity index (χ4n) is 2.69. The summed E-state index contributed by atoms with van der Waals surface area (Å²) in [5, 5.41) is 13.1. The summed E-state index contributed by atoms with van der Waals surface area (Å²) in [4.78, 5) is 27.0. The molecule has 1 N–H and O–H groups in total. The van der Waals surface area contributed by atoms with Crippen molar-refractivity contribution in [2.45, 2.75) is 33.0 Å². The summed E-state index contributed by atoms with van der Waals surface area (Å²) in [7, 11) is 0. The molecule has 1 fully saturated rings. The van der Waals surface area contributed by atoms with Crippen molar-refractivity contribution < 1.29 is 23.9 Å². The molecule has 1 saturated heterocycles. The first-order chi connectivity index (χ1) is 13.8. The number of carbonyl (C=O) groups is 1. The van der Waals surface area contributed by atoms with Crippen molar-refractivity contribution in [2.75, 3.05) is 24.6 Å². The van der Waals surface area contributed by atoms with Gasteiger partial charge >= 0.3 is 5.97 Å². The summed E-state index contributed by atoms with van der Waals surface area (Å²) in [5.41, 5.74) is 1.28. The zero-order valence-corrected chi connectivity index (χ0v) is 16.6. The lowest BCUT2D eigenvalue weighted by atomic mass is 10.1. The summed E-state index contributed by atoms with van der Waals surface area (Å²) in [6, 6.07) is 4.82. The number of hydrogen-bond donors (Lipinski definition) is 1. The minimum Gasteiger partial charge on any atom is -0.457 e. The number of ether oxygens (including phenoxy) is 1. The third kappa shape index (κ3) is 5.26. The number of aliphatic hydroxyl groups excluding tert-OH is 1. The van der Waals surface area contributed by atoms with Crippen LogP contribution in [-0.2, 0) is 21.0 Å². The Hall–Kier alpha value is -3.07. The predicted octanol–water partition coefficient (Wildman–Crippen LogP) is 2.31. The molecule has 29 heavy (non-hydrogen) atoms. The van der Waals surface area contributed by atoms with Gasteiger partial charge < -0.3 is 19.6 Å². The largest absolute Gasteiger partial charge is 0.457 e. The molecule has 0 unspecified atom stereocenters. The molecule has 0 saturated carbocycles. The van der Waals surface area contributed by atoms with Gasteiger partial charge in [-0.2, -0.15) is 0 Å². The van der Waals surface area contributed by atoms with Gasteiger partial charge in [0, 0.05) is 29.1 Å². The van der Waals surface area contributed by atoms with Gasteiger partial charge in [-0.05, 0) is 20.8 Å². The smallest absolute Gasteiger partial charge is 0.347 e. The number of esters is 1. The Balaban J connectivity index is 1.53. The van der Waals surface area contributed by atoms with E-state index in [0.29, 0.717) is 30.2 Å². The van der Waals surface area contributed by atoms with E-state index >= 15 is 0 Å². The molecule has 1 aliphatic heterocycles. The molecular weight excluding hydrogens is 379 g/mol. The first-order valence-corrected chi connectivity index (χ1v) is 9.12. The molecule has 0 bridgehead atoms. The first kappa shape index (κ1) is 20.7. The van der Waals surface area contributed by atoms with Crippen molar-refractivity contribution in [3.63, 3.8) is 0 Å². The van der Waals surface area contributed by atoms with Crippen LogP contribution in [0.5, 0.6) is 0 Å². The van der Waals surface area contributed by atoms with Crippen molar-refractivity contribution >= 4 is 17.6 Å². The van der Waals surface area contributed by atoms with Crippen LogP contribution in [-0.4, -0.2) is 52.1 Å². The van der Waals surface area contributed by atoms with Crippen LogP contribution >= 0.6 is 0 Å². The van der Waals surface area contributed by atoms with E-state index in [9.17, 15) is 14.3 Å². The number of benzene rings is 1. The lowest BCUT2D eigenvalue weighted by Crippen LogP contribution is -2.48. The fraction of sp³-hybridized carbons (Fsp3) is 0.400. The number of anilines is 1. The normalized spacial score (nSPS) is 13.7. The van der Waals surface area contributed by atoms with E-state index < -0.39 is 17.4 Å². The second-order valence-electron chi connectivity index (χ2n) is 7.58. The van der Waals surface area contributed by atoms with Crippen LogP contribution in [0.15, 0.2) is 35.7 Å². The lowest BCUT2D eigenvalue weighted by Gasteiger charge is -2.31. The topological polar surface area (TPSA) is 97.1 Å². The highest BCUT2D eigenvalue weighted by molar-refractivity contribution is 5.98. The fourth-order valence-corrected chi connectivity index (χ4v) is 2.69. The summed E-state index contributed by atoms with van der Waals surface area (Å²) < 4.78 is 19.5. The molecule has 1 aliphatic rings. The highest BCUT2D eigenvalue weighted by Crippen LogP contribution is 2.25. The number of hydrogen-bond acceptors (Lipinski definition) is 8. The maximum Gasteiger partial charge on any atom is 0.347 e. The van der Waals surface area contributed by atoms with E-state index in [1.54, 1.807) is 32.9 Å². The molecular formula is C20H23FN4O4. The maximum atomic E-state index is 14.3. The van der Waals surface area contributed by atoms with Gasteiger partial charge in [-0.3, -0.25) is 0 Å². The highest BCUT2D eigenvalue weighted by Gasteiger charge is 2.25. The summed E-state index contributed by atoms with van der Waals surface area (Å²) in [6.07, 6.45) is 3.08. The Morgan fingerprint density at radius 2 is 1.97 bits per heavy atom. The van der Waals surface area contributed by atoms with E-state index in [2.05, 4.69) is 15.1 Å². The number of nitrogens with zero attached hydrogens (tertiary/aromatic N) is 4. The van der Waals surface area contributed by atoms with E-state index in [1.807, 2.05) is 4.90 Å². The van der Waals surface area contributed by atoms with E-state index in [1.165, 1.54) is 18.5 Å². The molecule has 0 radical (unpaired) electrons. The SMILES string of the molecule is CC(C)(C)OC(=O)CON=C1CN(c2ncc(-c3cccc(CO)c3F)cn2)C1. The second-order valence-corrected chi connectivity index (χ2v) is 7.58. The Bertz CT molecular complexity index is 902. The van der Waals surface area contributed by atoms with Crippen LogP contribution in [0.4, 0.5) is 10.3 Å². The third-order valence-corrected chi connectivity index (χ3v) is 4.02. The molecule has 8 nitrogen and oxygen atoms in total. The average Bonchev–Trinajstić information content (AvgIpc) is 2.63. The van der Waals surface area contributed by atoms with E-state index in [0.717, 1.165) is 5.71 Å². The molecule has 0 aliphatic carbocycles.